The lowest BCUT2D eigenvalue weighted by atomic mass is 10.1. The zero-order valence-corrected chi connectivity index (χ0v) is 13.8. The van der Waals surface area contributed by atoms with Crippen LogP contribution in [0.2, 0.25) is 0 Å². The molecule has 1 atom stereocenters. The van der Waals surface area contributed by atoms with Crippen LogP contribution in [-0.4, -0.2) is 34.4 Å². The zero-order valence-electron chi connectivity index (χ0n) is 13.8. The third-order valence-corrected chi connectivity index (χ3v) is 4.37. The van der Waals surface area contributed by atoms with E-state index in [0.29, 0.717) is 12.1 Å². The van der Waals surface area contributed by atoms with Crippen molar-refractivity contribution >= 4 is 22.7 Å². The summed E-state index contributed by atoms with van der Waals surface area (Å²) < 4.78 is 1.91. The summed E-state index contributed by atoms with van der Waals surface area (Å²) in [5, 5.41) is 1.06. The van der Waals surface area contributed by atoms with Crippen molar-refractivity contribution in [2.45, 2.75) is 33.2 Å². The fourth-order valence-electron chi connectivity index (χ4n) is 3.18. The van der Waals surface area contributed by atoms with E-state index < -0.39 is 11.9 Å². The first-order valence-corrected chi connectivity index (χ1v) is 7.42. The quantitative estimate of drug-likeness (QED) is 0.940. The third-order valence-electron chi connectivity index (χ3n) is 4.37. The van der Waals surface area contributed by atoms with E-state index in [2.05, 4.69) is 0 Å². The first-order valence-electron chi connectivity index (χ1n) is 7.42. The summed E-state index contributed by atoms with van der Waals surface area (Å²) in [4.78, 5) is 25.8. The number of likely N-dealkylation sites (N-methyl/N-ethyl adjacent to an activating group) is 1. The highest BCUT2D eigenvalue weighted by Gasteiger charge is 2.28. The summed E-state index contributed by atoms with van der Waals surface area (Å²) in [6, 6.07) is 5.43. The van der Waals surface area contributed by atoms with Crippen LogP contribution in [0.4, 0.5) is 0 Å². The molecule has 2 N–H and O–H groups in total. The van der Waals surface area contributed by atoms with Gasteiger partial charge in [-0.3, -0.25) is 9.59 Å². The van der Waals surface area contributed by atoms with Crippen molar-refractivity contribution < 1.29 is 9.59 Å². The Morgan fingerprint density at radius 3 is 2.45 bits per heavy atom. The number of nitrogens with two attached hydrogens (primary N) is 1. The van der Waals surface area contributed by atoms with E-state index in [1.165, 1.54) is 4.90 Å². The van der Waals surface area contributed by atoms with Crippen LogP contribution in [0.1, 0.15) is 35.0 Å². The fourth-order valence-corrected chi connectivity index (χ4v) is 3.18. The second kappa shape index (κ2) is 5.83. The standard InChI is InChI=1S/C17H23N3O2/c1-6-13(16(18)21)19(4)17(22)15-11(3)12-9-7-8-10(2)14(12)20(15)5/h7-9,13H,6H2,1-5H3,(H2,18,21)/t13-/m1/s1. The number of benzene rings is 1. The van der Waals surface area contributed by atoms with Crippen LogP contribution in [0.5, 0.6) is 0 Å². The third kappa shape index (κ3) is 2.36. The van der Waals surface area contributed by atoms with Crippen LogP contribution in [0.3, 0.4) is 0 Å². The Hall–Kier alpha value is -2.30. The molecular formula is C17H23N3O2. The maximum atomic E-state index is 12.9. The fraction of sp³-hybridized carbons (Fsp3) is 0.412. The van der Waals surface area contributed by atoms with Gasteiger partial charge >= 0.3 is 0 Å². The van der Waals surface area contributed by atoms with Gasteiger partial charge in [-0.25, -0.2) is 0 Å². The largest absolute Gasteiger partial charge is 0.368 e. The van der Waals surface area contributed by atoms with Crippen LogP contribution < -0.4 is 5.73 Å². The first kappa shape index (κ1) is 16.1. The number of rotatable bonds is 4. The van der Waals surface area contributed by atoms with Crippen molar-refractivity contribution in [1.82, 2.24) is 9.47 Å². The van der Waals surface area contributed by atoms with Gasteiger partial charge in [0.05, 0.1) is 5.52 Å². The minimum atomic E-state index is -0.592. The second-order valence-electron chi connectivity index (χ2n) is 5.75. The van der Waals surface area contributed by atoms with E-state index in [1.54, 1.807) is 7.05 Å². The molecule has 0 aliphatic carbocycles. The van der Waals surface area contributed by atoms with Crippen molar-refractivity contribution in [3.8, 4) is 0 Å². The van der Waals surface area contributed by atoms with Gasteiger partial charge in [0, 0.05) is 19.5 Å². The topological polar surface area (TPSA) is 68.3 Å². The lowest BCUT2D eigenvalue weighted by molar-refractivity contribution is -0.122. The van der Waals surface area contributed by atoms with Gasteiger partial charge < -0.3 is 15.2 Å². The van der Waals surface area contributed by atoms with E-state index in [4.69, 9.17) is 5.73 Å². The summed E-state index contributed by atoms with van der Waals surface area (Å²) in [5.41, 5.74) is 9.09. The van der Waals surface area contributed by atoms with Crippen molar-refractivity contribution in [3.05, 3.63) is 35.0 Å². The maximum Gasteiger partial charge on any atom is 0.271 e. The molecule has 2 rings (SSSR count). The highest BCUT2D eigenvalue weighted by Crippen LogP contribution is 2.28. The molecule has 22 heavy (non-hydrogen) atoms. The number of nitrogens with zero attached hydrogens (tertiary/aromatic N) is 2. The van der Waals surface area contributed by atoms with E-state index in [1.807, 2.05) is 50.6 Å². The van der Waals surface area contributed by atoms with Gasteiger partial charge in [-0.15, -0.1) is 0 Å². The Labute approximate surface area is 130 Å². The Morgan fingerprint density at radius 1 is 1.32 bits per heavy atom. The Morgan fingerprint density at radius 2 is 1.95 bits per heavy atom. The van der Waals surface area contributed by atoms with Crippen molar-refractivity contribution in [2.75, 3.05) is 7.05 Å². The van der Waals surface area contributed by atoms with Crippen molar-refractivity contribution in [2.24, 2.45) is 12.8 Å². The minimum Gasteiger partial charge on any atom is -0.368 e. The monoisotopic (exact) mass is 301 g/mol. The maximum absolute atomic E-state index is 12.9. The highest BCUT2D eigenvalue weighted by molar-refractivity contribution is 6.03. The van der Waals surface area contributed by atoms with Gasteiger partial charge in [0.1, 0.15) is 11.7 Å². The van der Waals surface area contributed by atoms with Gasteiger partial charge in [0.15, 0.2) is 0 Å². The average Bonchev–Trinajstić information content (AvgIpc) is 2.71. The molecule has 0 radical (unpaired) electrons. The molecule has 2 amide bonds. The SMILES string of the molecule is CC[C@H](C(N)=O)N(C)C(=O)c1c(C)c2cccc(C)c2n1C. The predicted molar refractivity (Wildman–Crippen MR) is 87.8 cm³/mol. The van der Waals surface area contributed by atoms with Crippen molar-refractivity contribution in [1.29, 1.82) is 0 Å². The van der Waals surface area contributed by atoms with E-state index in [-0.39, 0.29) is 5.91 Å². The second-order valence-corrected chi connectivity index (χ2v) is 5.75. The summed E-state index contributed by atoms with van der Waals surface area (Å²) in [7, 11) is 3.51. The van der Waals surface area contributed by atoms with E-state index in [9.17, 15) is 9.59 Å². The van der Waals surface area contributed by atoms with E-state index >= 15 is 0 Å². The number of carbonyl (C=O) groups is 2. The number of carbonyl (C=O) groups excluding carboxylic acids is 2. The molecule has 0 saturated heterocycles. The average molecular weight is 301 g/mol. The normalized spacial score (nSPS) is 12.4. The number of hydrogen-bond acceptors (Lipinski definition) is 2. The molecule has 0 fully saturated rings. The number of aryl methyl sites for hydroxylation is 3. The lowest BCUT2D eigenvalue weighted by Crippen LogP contribution is -2.45. The molecule has 1 heterocycles. The Balaban J connectivity index is 2.58. The van der Waals surface area contributed by atoms with Gasteiger partial charge in [-0.05, 0) is 31.4 Å². The summed E-state index contributed by atoms with van der Waals surface area (Å²) in [6.45, 7) is 5.81. The number of primary amides is 1. The van der Waals surface area contributed by atoms with Gasteiger partial charge in [-0.1, -0.05) is 25.1 Å². The van der Waals surface area contributed by atoms with Gasteiger partial charge in [-0.2, -0.15) is 0 Å². The minimum absolute atomic E-state index is 0.179. The summed E-state index contributed by atoms with van der Waals surface area (Å²) in [6.07, 6.45) is 0.500. The van der Waals surface area contributed by atoms with Crippen LogP contribution in [0.25, 0.3) is 10.9 Å². The Bertz CT molecular complexity index is 746. The van der Waals surface area contributed by atoms with Crippen LogP contribution >= 0.6 is 0 Å². The van der Waals surface area contributed by atoms with Crippen molar-refractivity contribution in [3.63, 3.8) is 0 Å². The molecule has 0 saturated carbocycles. The molecule has 5 heteroatoms. The van der Waals surface area contributed by atoms with E-state index in [0.717, 1.165) is 22.0 Å². The van der Waals surface area contributed by atoms with Gasteiger partial charge in [0.2, 0.25) is 5.91 Å². The molecular weight excluding hydrogens is 278 g/mol. The molecule has 5 nitrogen and oxygen atoms in total. The molecule has 2 aromatic rings. The summed E-state index contributed by atoms with van der Waals surface area (Å²) >= 11 is 0. The molecule has 0 spiro atoms. The zero-order chi connectivity index (χ0) is 16.6. The molecule has 1 aromatic heterocycles. The molecule has 118 valence electrons. The molecule has 0 unspecified atom stereocenters. The van der Waals surface area contributed by atoms with Gasteiger partial charge in [0.25, 0.3) is 5.91 Å². The molecule has 0 aliphatic heterocycles. The number of aromatic nitrogens is 1. The van der Waals surface area contributed by atoms with Crippen LogP contribution in [0, 0.1) is 13.8 Å². The Kier molecular flexibility index (Phi) is 4.26. The first-order chi connectivity index (χ1) is 10.3. The van der Waals surface area contributed by atoms with Crippen LogP contribution in [-0.2, 0) is 11.8 Å². The predicted octanol–water partition coefficient (Wildman–Crippen LogP) is 2.13. The smallest absolute Gasteiger partial charge is 0.271 e. The van der Waals surface area contributed by atoms with Crippen LogP contribution in [0.15, 0.2) is 18.2 Å². The number of amides is 2. The molecule has 0 aliphatic rings. The molecule has 0 bridgehead atoms. The number of hydrogen-bond donors (Lipinski definition) is 1. The highest BCUT2D eigenvalue weighted by atomic mass is 16.2. The number of para-hydroxylation sites is 1. The molecule has 1 aromatic carbocycles. The summed E-state index contributed by atoms with van der Waals surface area (Å²) in [5.74, 6) is -0.660. The lowest BCUT2D eigenvalue weighted by Gasteiger charge is -2.25. The number of fused-ring (bicyclic) bond motifs is 1.